The van der Waals surface area contributed by atoms with Crippen molar-refractivity contribution in [3.05, 3.63) is 34.9 Å². The van der Waals surface area contributed by atoms with E-state index >= 15 is 0 Å². The van der Waals surface area contributed by atoms with Crippen molar-refractivity contribution in [2.75, 3.05) is 32.4 Å². The number of benzene rings is 1. The first-order valence-corrected chi connectivity index (χ1v) is 9.57. The predicted molar refractivity (Wildman–Crippen MR) is 87.4 cm³/mol. The van der Waals surface area contributed by atoms with Crippen LogP contribution in [0.4, 0.5) is 0 Å². The number of sulfonamides is 1. The van der Waals surface area contributed by atoms with Crippen molar-refractivity contribution in [1.82, 2.24) is 9.21 Å². The molecule has 1 fully saturated rings. The minimum absolute atomic E-state index is 0.0512. The highest BCUT2D eigenvalue weighted by atomic mass is 35.5. The largest absolute Gasteiger partial charge is 0.341 e. The highest BCUT2D eigenvalue weighted by Crippen LogP contribution is 2.17. The Bertz CT molecular complexity index is 633. The molecule has 1 amide bonds. The molecule has 0 atom stereocenters. The Morgan fingerprint density at radius 1 is 1.18 bits per heavy atom. The predicted octanol–water partition coefficient (Wildman–Crippen LogP) is 1.77. The standard InChI is InChI=1S/C15H21ClN2O3S/c1-22(20,21)18-10-4-9-17(11-12-18)15(19)8-7-13-5-2-3-6-14(13)16/h2-3,5-6H,4,7-12H2,1H3. The van der Waals surface area contributed by atoms with Crippen LogP contribution in [0.15, 0.2) is 24.3 Å². The monoisotopic (exact) mass is 344 g/mol. The second-order valence-electron chi connectivity index (χ2n) is 5.49. The molecule has 7 heteroatoms. The van der Waals surface area contributed by atoms with Crippen LogP contribution in [0, 0.1) is 0 Å². The molecule has 0 unspecified atom stereocenters. The zero-order valence-corrected chi connectivity index (χ0v) is 14.2. The van der Waals surface area contributed by atoms with Crippen molar-refractivity contribution in [3.8, 4) is 0 Å². The summed E-state index contributed by atoms with van der Waals surface area (Å²) in [6.07, 6.45) is 2.88. The zero-order valence-electron chi connectivity index (χ0n) is 12.7. The van der Waals surface area contributed by atoms with Gasteiger partial charge in [-0.25, -0.2) is 12.7 Å². The van der Waals surface area contributed by atoms with E-state index in [1.165, 1.54) is 10.6 Å². The molecule has 1 aliphatic heterocycles. The quantitative estimate of drug-likeness (QED) is 0.836. The van der Waals surface area contributed by atoms with Crippen molar-refractivity contribution in [3.63, 3.8) is 0 Å². The fraction of sp³-hybridized carbons (Fsp3) is 0.533. The third kappa shape index (κ3) is 4.69. The van der Waals surface area contributed by atoms with Gasteiger partial charge in [-0.1, -0.05) is 29.8 Å². The third-order valence-corrected chi connectivity index (χ3v) is 5.51. The van der Waals surface area contributed by atoms with Gasteiger partial charge in [0.15, 0.2) is 0 Å². The molecular formula is C15H21ClN2O3S. The Morgan fingerprint density at radius 2 is 1.91 bits per heavy atom. The number of carbonyl (C=O) groups is 1. The van der Waals surface area contributed by atoms with Crippen molar-refractivity contribution in [1.29, 1.82) is 0 Å². The van der Waals surface area contributed by atoms with Crippen LogP contribution in [0.25, 0.3) is 0 Å². The minimum atomic E-state index is -3.18. The molecule has 0 radical (unpaired) electrons. The van der Waals surface area contributed by atoms with E-state index in [1.54, 1.807) is 4.90 Å². The fourth-order valence-electron chi connectivity index (χ4n) is 2.58. The number of rotatable bonds is 4. The summed E-state index contributed by atoms with van der Waals surface area (Å²) in [4.78, 5) is 14.1. The molecule has 122 valence electrons. The maximum absolute atomic E-state index is 12.3. The summed E-state index contributed by atoms with van der Waals surface area (Å²) in [5.41, 5.74) is 0.963. The van der Waals surface area contributed by atoms with E-state index in [4.69, 9.17) is 11.6 Å². The molecule has 0 saturated carbocycles. The summed E-state index contributed by atoms with van der Waals surface area (Å²) in [5, 5.41) is 0.675. The van der Waals surface area contributed by atoms with Gasteiger partial charge < -0.3 is 4.90 Å². The van der Waals surface area contributed by atoms with E-state index < -0.39 is 10.0 Å². The van der Waals surface area contributed by atoms with E-state index in [0.29, 0.717) is 50.5 Å². The van der Waals surface area contributed by atoms with Crippen LogP contribution >= 0.6 is 11.6 Å². The molecule has 0 aliphatic carbocycles. The summed E-state index contributed by atoms with van der Waals surface area (Å²) in [5.74, 6) is 0.0512. The summed E-state index contributed by atoms with van der Waals surface area (Å²) < 4.78 is 24.6. The fourth-order valence-corrected chi connectivity index (χ4v) is 3.68. The third-order valence-electron chi connectivity index (χ3n) is 3.84. The molecular weight excluding hydrogens is 324 g/mol. The lowest BCUT2D eigenvalue weighted by atomic mass is 10.1. The first-order chi connectivity index (χ1) is 10.4. The van der Waals surface area contributed by atoms with E-state index in [1.807, 2.05) is 24.3 Å². The van der Waals surface area contributed by atoms with Gasteiger partial charge in [-0.05, 0) is 24.5 Å². The topological polar surface area (TPSA) is 57.7 Å². The van der Waals surface area contributed by atoms with E-state index in [0.717, 1.165) is 5.56 Å². The number of nitrogens with zero attached hydrogens (tertiary/aromatic N) is 2. The number of aryl methyl sites for hydroxylation is 1. The summed E-state index contributed by atoms with van der Waals surface area (Å²) in [7, 11) is -3.18. The average Bonchev–Trinajstić information content (AvgIpc) is 2.71. The lowest BCUT2D eigenvalue weighted by Crippen LogP contribution is -2.37. The molecule has 0 aromatic heterocycles. The Hall–Kier alpha value is -1.11. The molecule has 5 nitrogen and oxygen atoms in total. The van der Waals surface area contributed by atoms with Crippen LogP contribution in [0.1, 0.15) is 18.4 Å². The lowest BCUT2D eigenvalue weighted by Gasteiger charge is -2.21. The van der Waals surface area contributed by atoms with Gasteiger partial charge in [0.2, 0.25) is 15.9 Å². The molecule has 1 heterocycles. The number of hydrogen-bond donors (Lipinski definition) is 0. The molecule has 1 saturated heterocycles. The van der Waals surface area contributed by atoms with Crippen molar-refractivity contribution < 1.29 is 13.2 Å². The SMILES string of the molecule is CS(=O)(=O)N1CCCN(C(=O)CCc2ccccc2Cl)CC1. The van der Waals surface area contributed by atoms with Gasteiger partial charge >= 0.3 is 0 Å². The lowest BCUT2D eigenvalue weighted by molar-refractivity contribution is -0.131. The minimum Gasteiger partial charge on any atom is -0.341 e. The van der Waals surface area contributed by atoms with Crippen molar-refractivity contribution >= 4 is 27.5 Å². The number of hydrogen-bond acceptors (Lipinski definition) is 3. The molecule has 0 N–H and O–H groups in total. The zero-order chi connectivity index (χ0) is 16.2. The Kier molecular flexibility index (Phi) is 5.83. The molecule has 1 aromatic carbocycles. The normalized spacial score (nSPS) is 17.3. The van der Waals surface area contributed by atoms with Gasteiger partial charge in [-0.2, -0.15) is 0 Å². The van der Waals surface area contributed by atoms with Crippen LogP contribution in [0.3, 0.4) is 0 Å². The summed E-state index contributed by atoms with van der Waals surface area (Å²) in [6, 6.07) is 7.50. The molecule has 1 aliphatic rings. The molecule has 2 rings (SSSR count). The molecule has 0 spiro atoms. The van der Waals surface area contributed by atoms with Gasteiger partial charge in [0.1, 0.15) is 0 Å². The summed E-state index contributed by atoms with van der Waals surface area (Å²) >= 11 is 6.09. The van der Waals surface area contributed by atoms with E-state index in [2.05, 4.69) is 0 Å². The van der Waals surface area contributed by atoms with E-state index in [9.17, 15) is 13.2 Å². The molecule has 1 aromatic rings. The smallest absolute Gasteiger partial charge is 0.222 e. The average molecular weight is 345 g/mol. The molecule has 0 bridgehead atoms. The van der Waals surface area contributed by atoms with E-state index in [-0.39, 0.29) is 5.91 Å². The maximum atomic E-state index is 12.3. The van der Waals surface area contributed by atoms with Crippen LogP contribution < -0.4 is 0 Å². The first kappa shape index (κ1) is 17.2. The Labute approximate surface area is 136 Å². The Morgan fingerprint density at radius 3 is 2.59 bits per heavy atom. The second kappa shape index (κ2) is 7.44. The number of carbonyl (C=O) groups excluding carboxylic acids is 1. The Balaban J connectivity index is 1.89. The summed E-state index contributed by atoms with van der Waals surface area (Å²) in [6.45, 7) is 1.91. The molecule has 22 heavy (non-hydrogen) atoms. The maximum Gasteiger partial charge on any atom is 0.222 e. The number of halogens is 1. The first-order valence-electron chi connectivity index (χ1n) is 7.34. The van der Waals surface area contributed by atoms with Gasteiger partial charge in [0.05, 0.1) is 6.26 Å². The van der Waals surface area contributed by atoms with Crippen LogP contribution in [-0.2, 0) is 21.2 Å². The van der Waals surface area contributed by atoms with Crippen LogP contribution in [0.5, 0.6) is 0 Å². The van der Waals surface area contributed by atoms with Gasteiger partial charge in [-0.3, -0.25) is 4.79 Å². The van der Waals surface area contributed by atoms with Crippen molar-refractivity contribution in [2.24, 2.45) is 0 Å². The number of amides is 1. The van der Waals surface area contributed by atoms with Crippen molar-refractivity contribution in [2.45, 2.75) is 19.3 Å². The second-order valence-corrected chi connectivity index (χ2v) is 7.88. The van der Waals surface area contributed by atoms with Gasteiger partial charge in [0, 0.05) is 37.6 Å². The van der Waals surface area contributed by atoms with Crippen LogP contribution in [-0.4, -0.2) is 56.0 Å². The highest BCUT2D eigenvalue weighted by Gasteiger charge is 2.23. The van der Waals surface area contributed by atoms with Gasteiger partial charge in [0.25, 0.3) is 0 Å². The van der Waals surface area contributed by atoms with Crippen LogP contribution in [0.2, 0.25) is 5.02 Å². The highest BCUT2D eigenvalue weighted by molar-refractivity contribution is 7.88. The van der Waals surface area contributed by atoms with Gasteiger partial charge in [-0.15, -0.1) is 0 Å².